The highest BCUT2D eigenvalue weighted by molar-refractivity contribution is 5.74. The number of benzene rings is 1. The van der Waals surface area contributed by atoms with Gasteiger partial charge in [-0.15, -0.1) is 0 Å². The van der Waals surface area contributed by atoms with Crippen LogP contribution in [0.1, 0.15) is 24.8 Å². The van der Waals surface area contributed by atoms with Crippen LogP contribution in [0.2, 0.25) is 0 Å². The van der Waals surface area contributed by atoms with Crippen LogP contribution in [0.3, 0.4) is 0 Å². The van der Waals surface area contributed by atoms with Crippen molar-refractivity contribution in [1.82, 2.24) is 10.6 Å². The number of rotatable bonds is 3. The van der Waals surface area contributed by atoms with Crippen LogP contribution in [0.25, 0.3) is 0 Å². The van der Waals surface area contributed by atoms with Crippen molar-refractivity contribution in [3.05, 3.63) is 35.9 Å². The zero-order valence-electron chi connectivity index (χ0n) is 10.3. The van der Waals surface area contributed by atoms with Crippen LogP contribution in [-0.4, -0.2) is 24.3 Å². The van der Waals surface area contributed by atoms with Crippen molar-refractivity contribution in [2.45, 2.75) is 44.1 Å². The first kappa shape index (κ1) is 11.5. The lowest BCUT2D eigenvalue weighted by atomic mass is 9.96. The van der Waals surface area contributed by atoms with Crippen LogP contribution in [0, 0.1) is 0 Å². The lowest BCUT2D eigenvalue weighted by molar-refractivity contribution is 0.0981. The van der Waals surface area contributed by atoms with Gasteiger partial charge in [0.1, 0.15) is 0 Å². The van der Waals surface area contributed by atoms with E-state index in [1.165, 1.54) is 0 Å². The van der Waals surface area contributed by atoms with Crippen molar-refractivity contribution in [2.75, 3.05) is 0 Å². The smallest absolute Gasteiger partial charge is 0.315 e. The van der Waals surface area contributed by atoms with Crippen LogP contribution >= 0.6 is 0 Å². The molecule has 2 heterocycles. The normalized spacial score (nSPS) is 29.2. The highest BCUT2D eigenvalue weighted by Gasteiger charge is 2.41. The number of amides is 2. The zero-order chi connectivity index (χ0) is 12.4. The Morgan fingerprint density at radius 1 is 1.28 bits per heavy atom. The summed E-state index contributed by atoms with van der Waals surface area (Å²) in [5.74, 6) is 0. The highest BCUT2D eigenvalue weighted by atomic mass is 16.5. The van der Waals surface area contributed by atoms with Crippen LogP contribution in [0.5, 0.6) is 0 Å². The van der Waals surface area contributed by atoms with Gasteiger partial charge in [-0.3, -0.25) is 0 Å². The molecule has 3 rings (SSSR count). The molecular weight excluding hydrogens is 228 g/mol. The lowest BCUT2D eigenvalue weighted by Gasteiger charge is -2.20. The van der Waals surface area contributed by atoms with Crippen molar-refractivity contribution in [1.29, 1.82) is 0 Å². The summed E-state index contributed by atoms with van der Waals surface area (Å²) in [5, 5.41) is 5.89. The predicted molar refractivity (Wildman–Crippen MR) is 68.1 cm³/mol. The largest absolute Gasteiger partial charge is 0.373 e. The summed E-state index contributed by atoms with van der Waals surface area (Å²) in [7, 11) is 0. The van der Waals surface area contributed by atoms with Gasteiger partial charge in [-0.05, 0) is 24.8 Å². The van der Waals surface area contributed by atoms with Gasteiger partial charge in [0, 0.05) is 6.54 Å². The van der Waals surface area contributed by atoms with E-state index in [1.807, 2.05) is 30.3 Å². The highest BCUT2D eigenvalue weighted by Crippen LogP contribution is 2.34. The molecule has 96 valence electrons. The van der Waals surface area contributed by atoms with Crippen molar-refractivity contribution in [2.24, 2.45) is 0 Å². The van der Waals surface area contributed by atoms with E-state index in [9.17, 15) is 4.79 Å². The van der Waals surface area contributed by atoms with E-state index in [4.69, 9.17) is 4.74 Å². The number of fused-ring (bicyclic) bond motifs is 2. The van der Waals surface area contributed by atoms with Gasteiger partial charge in [-0.25, -0.2) is 4.79 Å². The van der Waals surface area contributed by atoms with Crippen molar-refractivity contribution >= 4 is 6.03 Å². The third-order valence-corrected chi connectivity index (χ3v) is 3.72. The van der Waals surface area contributed by atoms with E-state index in [2.05, 4.69) is 10.6 Å². The second kappa shape index (κ2) is 4.98. The lowest BCUT2D eigenvalue weighted by Crippen LogP contribution is -2.46. The van der Waals surface area contributed by atoms with Gasteiger partial charge in [0.15, 0.2) is 0 Å². The first-order valence-corrected chi connectivity index (χ1v) is 6.55. The predicted octanol–water partition coefficient (Wildman–Crippen LogP) is 1.81. The Hall–Kier alpha value is -1.55. The molecule has 2 N–H and O–H groups in total. The standard InChI is InChI=1S/C14H18N2O2/c17-14(15-9-10-4-2-1-3-5-10)16-12-8-11-6-7-13(12)18-11/h1-5,11-13H,6-9H2,(H2,15,16,17). The molecule has 2 bridgehead atoms. The van der Waals surface area contributed by atoms with Gasteiger partial charge in [-0.2, -0.15) is 0 Å². The second-order valence-corrected chi connectivity index (χ2v) is 5.03. The summed E-state index contributed by atoms with van der Waals surface area (Å²) in [4.78, 5) is 11.8. The summed E-state index contributed by atoms with van der Waals surface area (Å²) in [6, 6.07) is 10.0. The second-order valence-electron chi connectivity index (χ2n) is 5.03. The molecule has 1 aromatic carbocycles. The fourth-order valence-electron chi connectivity index (χ4n) is 2.79. The maximum absolute atomic E-state index is 11.8. The monoisotopic (exact) mass is 246 g/mol. The van der Waals surface area contributed by atoms with Crippen LogP contribution in [0.4, 0.5) is 4.79 Å². The Bertz CT molecular complexity index is 421. The van der Waals surface area contributed by atoms with Gasteiger partial charge in [-0.1, -0.05) is 30.3 Å². The minimum absolute atomic E-state index is 0.0972. The van der Waals surface area contributed by atoms with Crippen LogP contribution in [0.15, 0.2) is 30.3 Å². The molecule has 2 fully saturated rings. The Morgan fingerprint density at radius 2 is 2.11 bits per heavy atom. The molecule has 0 aromatic heterocycles. The summed E-state index contributed by atoms with van der Waals surface area (Å²) < 4.78 is 5.71. The average Bonchev–Trinajstić information content (AvgIpc) is 3.00. The van der Waals surface area contributed by atoms with E-state index in [1.54, 1.807) is 0 Å². The van der Waals surface area contributed by atoms with Gasteiger partial charge in [0.2, 0.25) is 0 Å². The van der Waals surface area contributed by atoms with E-state index < -0.39 is 0 Å². The van der Waals surface area contributed by atoms with Gasteiger partial charge < -0.3 is 15.4 Å². The molecule has 3 unspecified atom stereocenters. The van der Waals surface area contributed by atoms with Gasteiger partial charge in [0.25, 0.3) is 0 Å². The minimum Gasteiger partial charge on any atom is -0.373 e. The maximum Gasteiger partial charge on any atom is 0.315 e. The Balaban J connectivity index is 1.45. The number of ether oxygens (including phenoxy) is 1. The molecule has 3 atom stereocenters. The Morgan fingerprint density at radius 3 is 2.78 bits per heavy atom. The summed E-state index contributed by atoms with van der Waals surface area (Å²) in [5.41, 5.74) is 1.11. The van der Waals surface area contributed by atoms with Crippen molar-refractivity contribution < 1.29 is 9.53 Å². The third-order valence-electron chi connectivity index (χ3n) is 3.72. The SMILES string of the molecule is O=C(NCc1ccccc1)NC1CC2CCC1O2. The quantitative estimate of drug-likeness (QED) is 0.854. The number of hydrogen-bond acceptors (Lipinski definition) is 2. The Kier molecular flexibility index (Phi) is 3.19. The molecule has 2 amide bonds. The fourth-order valence-corrected chi connectivity index (χ4v) is 2.79. The molecular formula is C14H18N2O2. The van der Waals surface area contributed by atoms with E-state index in [0.717, 1.165) is 24.8 Å². The first-order valence-electron chi connectivity index (χ1n) is 6.55. The van der Waals surface area contributed by atoms with Crippen molar-refractivity contribution in [3.8, 4) is 0 Å². The summed E-state index contributed by atoms with van der Waals surface area (Å²) in [6.45, 7) is 0.564. The number of nitrogens with one attached hydrogen (secondary N) is 2. The Labute approximate surface area is 107 Å². The van der Waals surface area contributed by atoms with Crippen LogP contribution < -0.4 is 10.6 Å². The number of urea groups is 1. The molecule has 18 heavy (non-hydrogen) atoms. The summed E-state index contributed by atoms with van der Waals surface area (Å²) in [6.07, 6.45) is 3.79. The fraction of sp³-hybridized carbons (Fsp3) is 0.500. The van der Waals surface area contributed by atoms with Gasteiger partial charge in [0.05, 0.1) is 18.2 Å². The molecule has 0 radical (unpaired) electrons. The zero-order valence-corrected chi connectivity index (χ0v) is 10.3. The molecule has 1 aromatic rings. The van der Waals surface area contributed by atoms with Crippen molar-refractivity contribution in [3.63, 3.8) is 0 Å². The van der Waals surface area contributed by atoms with E-state index >= 15 is 0 Å². The number of carbonyl (C=O) groups excluding carboxylic acids is 1. The topological polar surface area (TPSA) is 50.4 Å². The molecule has 4 heteroatoms. The molecule has 2 aliphatic rings. The number of hydrogen-bond donors (Lipinski definition) is 2. The maximum atomic E-state index is 11.8. The van der Waals surface area contributed by atoms with Gasteiger partial charge >= 0.3 is 6.03 Å². The molecule has 0 aliphatic carbocycles. The van der Waals surface area contributed by atoms with E-state index in [-0.39, 0.29) is 18.2 Å². The molecule has 4 nitrogen and oxygen atoms in total. The van der Waals surface area contributed by atoms with E-state index in [0.29, 0.717) is 12.6 Å². The van der Waals surface area contributed by atoms with Crippen LogP contribution in [-0.2, 0) is 11.3 Å². The third kappa shape index (κ3) is 2.48. The number of carbonyl (C=O) groups is 1. The summed E-state index contributed by atoms with van der Waals surface area (Å²) >= 11 is 0. The molecule has 2 saturated heterocycles. The molecule has 0 spiro atoms. The average molecular weight is 246 g/mol. The first-order chi connectivity index (χ1) is 8.81. The minimum atomic E-state index is -0.0972. The molecule has 2 aliphatic heterocycles. The molecule has 0 saturated carbocycles.